The summed E-state index contributed by atoms with van der Waals surface area (Å²) in [6.45, 7) is 7.70. The van der Waals surface area contributed by atoms with Gasteiger partial charge in [0, 0.05) is 24.6 Å². The minimum Gasteiger partial charge on any atom is -0.494 e. The Balaban J connectivity index is 2.14. The molecular weight excluding hydrogens is 266 g/mol. The van der Waals surface area contributed by atoms with Gasteiger partial charge in [-0.2, -0.15) is 0 Å². The fourth-order valence-electron chi connectivity index (χ4n) is 2.81. The molecule has 4 heteroatoms. The van der Waals surface area contributed by atoms with Crippen molar-refractivity contribution in [2.45, 2.75) is 39.7 Å². The average Bonchev–Trinajstić information content (AvgIpc) is 2.49. The quantitative estimate of drug-likeness (QED) is 0.927. The summed E-state index contributed by atoms with van der Waals surface area (Å²) < 4.78 is 5.56. The molecule has 0 radical (unpaired) electrons. The van der Waals surface area contributed by atoms with Gasteiger partial charge < -0.3 is 14.7 Å². The molecule has 0 saturated carbocycles. The maximum atomic E-state index is 12.6. The van der Waals surface area contributed by atoms with E-state index in [1.165, 1.54) is 0 Å². The summed E-state index contributed by atoms with van der Waals surface area (Å²) in [5, 5.41) is 9.74. The summed E-state index contributed by atoms with van der Waals surface area (Å²) >= 11 is 0. The highest BCUT2D eigenvalue weighted by molar-refractivity contribution is 5.94. The molecule has 0 aliphatic carbocycles. The Kier molecular flexibility index (Phi) is 5.23. The molecule has 2 rings (SSSR count). The highest BCUT2D eigenvalue weighted by Crippen LogP contribution is 2.24. The molecule has 0 aromatic heterocycles. The first-order valence-electron chi connectivity index (χ1n) is 7.73. The molecule has 1 heterocycles. The fraction of sp³-hybridized carbons (Fsp3) is 0.588. The summed E-state index contributed by atoms with van der Waals surface area (Å²) in [5.41, 5.74) is 1.70. The van der Waals surface area contributed by atoms with Crippen LogP contribution in [0.3, 0.4) is 0 Å². The number of likely N-dealkylation sites (tertiary alicyclic amines) is 1. The summed E-state index contributed by atoms with van der Waals surface area (Å²) in [7, 11) is 0. The third kappa shape index (κ3) is 3.76. The molecule has 1 aromatic rings. The molecular formula is C17H25NO3. The van der Waals surface area contributed by atoms with Crippen LogP contribution in [0, 0.1) is 12.8 Å². The van der Waals surface area contributed by atoms with Crippen molar-refractivity contribution in [3.63, 3.8) is 0 Å². The van der Waals surface area contributed by atoms with E-state index in [2.05, 4.69) is 0 Å². The van der Waals surface area contributed by atoms with Crippen molar-refractivity contribution in [1.29, 1.82) is 0 Å². The summed E-state index contributed by atoms with van der Waals surface area (Å²) in [6, 6.07) is 5.60. The van der Waals surface area contributed by atoms with Crippen LogP contribution < -0.4 is 4.74 Å². The van der Waals surface area contributed by atoms with Crippen LogP contribution in [0.15, 0.2) is 18.2 Å². The zero-order chi connectivity index (χ0) is 15.4. The van der Waals surface area contributed by atoms with Crippen molar-refractivity contribution < 1.29 is 14.6 Å². The Morgan fingerprint density at radius 1 is 1.52 bits per heavy atom. The molecule has 0 spiro atoms. The number of amides is 1. The molecule has 1 aliphatic heterocycles. The van der Waals surface area contributed by atoms with Gasteiger partial charge in [0.1, 0.15) is 5.75 Å². The first-order valence-corrected chi connectivity index (χ1v) is 7.73. The predicted octanol–water partition coefficient (Wildman–Crippen LogP) is 2.63. The van der Waals surface area contributed by atoms with E-state index in [0.717, 1.165) is 30.7 Å². The number of piperidine rings is 1. The van der Waals surface area contributed by atoms with Crippen LogP contribution in [0.1, 0.15) is 42.6 Å². The van der Waals surface area contributed by atoms with Crippen LogP contribution in [0.2, 0.25) is 0 Å². The number of rotatable bonds is 4. The molecule has 0 bridgehead atoms. The lowest BCUT2D eigenvalue weighted by Gasteiger charge is -2.34. The van der Waals surface area contributed by atoms with E-state index < -0.39 is 0 Å². The van der Waals surface area contributed by atoms with Gasteiger partial charge in [0.05, 0.1) is 12.7 Å². The maximum Gasteiger partial charge on any atom is 0.253 e. The molecule has 21 heavy (non-hydrogen) atoms. The zero-order valence-electron chi connectivity index (χ0n) is 13.1. The van der Waals surface area contributed by atoms with Crippen LogP contribution in [-0.4, -0.2) is 41.7 Å². The van der Waals surface area contributed by atoms with Gasteiger partial charge in [-0.25, -0.2) is 0 Å². The molecule has 2 atom stereocenters. The highest BCUT2D eigenvalue weighted by atomic mass is 16.5. The molecule has 1 saturated heterocycles. The fourth-order valence-corrected chi connectivity index (χ4v) is 2.81. The van der Waals surface area contributed by atoms with E-state index in [1.54, 1.807) is 6.92 Å². The number of hydrogen-bond donors (Lipinski definition) is 1. The second kappa shape index (κ2) is 6.94. The monoisotopic (exact) mass is 291 g/mol. The Morgan fingerprint density at radius 3 is 2.95 bits per heavy atom. The number of carbonyl (C=O) groups is 1. The van der Waals surface area contributed by atoms with E-state index in [1.807, 2.05) is 36.9 Å². The summed E-state index contributed by atoms with van der Waals surface area (Å²) in [6.07, 6.45) is 1.57. The second-order valence-corrected chi connectivity index (χ2v) is 5.81. The molecule has 1 N–H and O–H groups in total. The highest BCUT2D eigenvalue weighted by Gasteiger charge is 2.27. The largest absolute Gasteiger partial charge is 0.494 e. The normalized spacial score (nSPS) is 20.2. The summed E-state index contributed by atoms with van der Waals surface area (Å²) in [4.78, 5) is 14.5. The van der Waals surface area contributed by atoms with E-state index >= 15 is 0 Å². The van der Waals surface area contributed by atoms with Gasteiger partial charge in [0.25, 0.3) is 5.91 Å². The minimum absolute atomic E-state index is 0.0290. The van der Waals surface area contributed by atoms with Gasteiger partial charge >= 0.3 is 0 Å². The Labute approximate surface area is 126 Å². The molecule has 1 amide bonds. The van der Waals surface area contributed by atoms with E-state index in [4.69, 9.17) is 4.74 Å². The van der Waals surface area contributed by atoms with Crippen LogP contribution in [0.4, 0.5) is 0 Å². The van der Waals surface area contributed by atoms with Gasteiger partial charge in [-0.15, -0.1) is 0 Å². The number of ether oxygens (including phenoxy) is 1. The van der Waals surface area contributed by atoms with Crippen LogP contribution in [0.25, 0.3) is 0 Å². The smallest absolute Gasteiger partial charge is 0.253 e. The van der Waals surface area contributed by atoms with Gasteiger partial charge in [-0.3, -0.25) is 4.79 Å². The van der Waals surface area contributed by atoms with E-state index in [-0.39, 0.29) is 17.9 Å². The van der Waals surface area contributed by atoms with Crippen molar-refractivity contribution in [3.05, 3.63) is 29.3 Å². The standard InChI is InChI=1S/C17H25NO3/c1-4-21-16-10-14(8-7-12(16)2)17(20)18-9-5-6-15(11-18)13(3)19/h7-8,10,13,15,19H,4-6,9,11H2,1-3H3. The predicted molar refractivity (Wildman–Crippen MR) is 82.7 cm³/mol. The lowest BCUT2D eigenvalue weighted by molar-refractivity contribution is 0.0465. The number of benzene rings is 1. The molecule has 1 fully saturated rings. The van der Waals surface area contributed by atoms with Gasteiger partial charge in [-0.05, 0) is 51.3 Å². The number of hydrogen-bond acceptors (Lipinski definition) is 3. The van der Waals surface area contributed by atoms with Crippen molar-refractivity contribution in [3.8, 4) is 5.75 Å². The number of nitrogens with zero attached hydrogens (tertiary/aromatic N) is 1. The molecule has 2 unspecified atom stereocenters. The van der Waals surface area contributed by atoms with Crippen LogP contribution in [0.5, 0.6) is 5.75 Å². The van der Waals surface area contributed by atoms with Crippen molar-refractivity contribution in [2.24, 2.45) is 5.92 Å². The van der Waals surface area contributed by atoms with Crippen molar-refractivity contribution in [1.82, 2.24) is 4.90 Å². The Morgan fingerprint density at radius 2 is 2.29 bits per heavy atom. The lowest BCUT2D eigenvalue weighted by Crippen LogP contribution is -2.42. The molecule has 116 valence electrons. The lowest BCUT2D eigenvalue weighted by atomic mass is 9.93. The topological polar surface area (TPSA) is 49.8 Å². The number of carbonyl (C=O) groups excluding carboxylic acids is 1. The van der Waals surface area contributed by atoms with Gasteiger partial charge in [0.15, 0.2) is 0 Å². The van der Waals surface area contributed by atoms with Gasteiger partial charge in [-0.1, -0.05) is 6.07 Å². The Hall–Kier alpha value is -1.55. The van der Waals surface area contributed by atoms with Crippen molar-refractivity contribution in [2.75, 3.05) is 19.7 Å². The number of aliphatic hydroxyl groups is 1. The maximum absolute atomic E-state index is 12.6. The molecule has 1 aromatic carbocycles. The first kappa shape index (κ1) is 15.8. The third-order valence-electron chi connectivity index (χ3n) is 4.16. The SMILES string of the molecule is CCOc1cc(C(=O)N2CCCC(C(C)O)C2)ccc1C. The van der Waals surface area contributed by atoms with E-state index in [0.29, 0.717) is 18.7 Å². The minimum atomic E-state index is -0.363. The third-order valence-corrected chi connectivity index (χ3v) is 4.16. The zero-order valence-corrected chi connectivity index (χ0v) is 13.1. The second-order valence-electron chi connectivity index (χ2n) is 5.81. The van der Waals surface area contributed by atoms with Gasteiger partial charge in [0.2, 0.25) is 0 Å². The first-order chi connectivity index (χ1) is 10.0. The summed E-state index contributed by atoms with van der Waals surface area (Å²) in [5.74, 6) is 0.980. The van der Waals surface area contributed by atoms with Crippen LogP contribution >= 0.6 is 0 Å². The molecule has 1 aliphatic rings. The average molecular weight is 291 g/mol. The molecule has 4 nitrogen and oxygen atoms in total. The number of aliphatic hydroxyl groups excluding tert-OH is 1. The van der Waals surface area contributed by atoms with E-state index in [9.17, 15) is 9.90 Å². The van der Waals surface area contributed by atoms with Crippen molar-refractivity contribution >= 4 is 5.91 Å². The Bertz CT molecular complexity index is 499. The van der Waals surface area contributed by atoms with Crippen LogP contribution in [-0.2, 0) is 0 Å². The number of aryl methyl sites for hydroxylation is 1.